The molecule has 0 aliphatic carbocycles. The quantitative estimate of drug-likeness (QED) is 0.757. The molecule has 2 aromatic rings. The van der Waals surface area contributed by atoms with E-state index in [-0.39, 0.29) is 11.6 Å². The topological polar surface area (TPSA) is 115 Å². The number of rotatable bonds is 3. The lowest BCUT2D eigenvalue weighted by molar-refractivity contribution is -0.144. The molecule has 1 unspecified atom stereocenters. The summed E-state index contributed by atoms with van der Waals surface area (Å²) in [7, 11) is 1.61. The Hall–Kier alpha value is -2.56. The average molecular weight is 379 g/mol. The van der Waals surface area contributed by atoms with Crippen molar-refractivity contribution in [3.05, 3.63) is 21.3 Å². The summed E-state index contributed by atoms with van der Waals surface area (Å²) in [5, 5.41) is 15.4. The largest absolute Gasteiger partial charge is 0.345 e. The van der Waals surface area contributed by atoms with Crippen molar-refractivity contribution in [1.29, 1.82) is 0 Å². The highest BCUT2D eigenvalue weighted by Gasteiger charge is 2.31. The van der Waals surface area contributed by atoms with Crippen LogP contribution < -0.4 is 11.0 Å². The smallest absolute Gasteiger partial charge is 0.334 e. The summed E-state index contributed by atoms with van der Waals surface area (Å²) in [5.41, 5.74) is -0.171. The molecule has 0 saturated carbocycles. The number of hydrogen-bond donors (Lipinski definition) is 1. The molecular formula is C15H21N7O3S. The van der Waals surface area contributed by atoms with Crippen molar-refractivity contribution in [3.63, 3.8) is 0 Å². The van der Waals surface area contributed by atoms with Crippen molar-refractivity contribution in [2.45, 2.75) is 39.2 Å². The maximum Gasteiger partial charge on any atom is 0.345 e. The molecule has 0 spiro atoms. The van der Waals surface area contributed by atoms with Gasteiger partial charge < -0.3 is 4.90 Å². The molecule has 3 heterocycles. The summed E-state index contributed by atoms with van der Waals surface area (Å²) in [5.74, 6) is -0.740. The monoisotopic (exact) mass is 379 g/mol. The first-order chi connectivity index (χ1) is 12.4. The third kappa shape index (κ3) is 3.52. The highest BCUT2D eigenvalue weighted by atomic mass is 32.1. The van der Waals surface area contributed by atoms with Crippen molar-refractivity contribution in [2.75, 3.05) is 18.4 Å². The molecule has 11 heteroatoms. The van der Waals surface area contributed by atoms with E-state index >= 15 is 0 Å². The molecule has 1 fully saturated rings. The molecule has 1 atom stereocenters. The molecule has 2 amide bonds. The second-order valence-corrected chi connectivity index (χ2v) is 7.36. The van der Waals surface area contributed by atoms with Crippen LogP contribution in [0.15, 0.2) is 4.79 Å². The van der Waals surface area contributed by atoms with Gasteiger partial charge in [0.25, 0.3) is 0 Å². The Morgan fingerprint density at radius 2 is 2.12 bits per heavy atom. The van der Waals surface area contributed by atoms with Crippen LogP contribution in [0.25, 0.3) is 0 Å². The average Bonchev–Trinajstić information content (AvgIpc) is 3.17. The number of carbonyl (C=O) groups is 2. The Kier molecular flexibility index (Phi) is 5.16. The van der Waals surface area contributed by atoms with Crippen LogP contribution in [0.4, 0.5) is 5.13 Å². The molecule has 140 valence electrons. The Morgan fingerprint density at radius 3 is 2.77 bits per heavy atom. The normalized spacial score (nSPS) is 17.3. The molecule has 1 aliphatic heterocycles. The number of carbonyl (C=O) groups excluding carboxylic acids is 2. The van der Waals surface area contributed by atoms with E-state index in [2.05, 4.69) is 20.6 Å². The van der Waals surface area contributed by atoms with Gasteiger partial charge in [-0.15, -0.1) is 10.2 Å². The van der Waals surface area contributed by atoms with Crippen LogP contribution in [-0.4, -0.2) is 54.3 Å². The fourth-order valence-electron chi connectivity index (χ4n) is 3.14. The zero-order valence-electron chi connectivity index (χ0n) is 14.9. The summed E-state index contributed by atoms with van der Waals surface area (Å²) in [6.45, 7) is 5.03. The van der Waals surface area contributed by atoms with Gasteiger partial charge in [0, 0.05) is 32.6 Å². The van der Waals surface area contributed by atoms with Gasteiger partial charge >= 0.3 is 17.5 Å². The second kappa shape index (κ2) is 7.36. The van der Waals surface area contributed by atoms with Crippen molar-refractivity contribution < 1.29 is 9.59 Å². The van der Waals surface area contributed by atoms with Crippen LogP contribution in [0.2, 0.25) is 0 Å². The number of likely N-dealkylation sites (tertiary alicyclic amines) is 1. The molecule has 0 aromatic carbocycles. The van der Waals surface area contributed by atoms with Crippen molar-refractivity contribution >= 4 is 28.3 Å². The number of nitrogens with zero attached hydrogens (tertiary/aromatic N) is 6. The zero-order valence-corrected chi connectivity index (χ0v) is 15.7. The SMILES string of the molecule is CCn1c(C2CCCN(C(=O)C(=O)Nc3nnc(C)s3)C2)nn(C)c1=O. The zero-order chi connectivity index (χ0) is 18.8. The molecular weight excluding hydrogens is 358 g/mol. The van der Waals surface area contributed by atoms with E-state index in [1.807, 2.05) is 6.92 Å². The Labute approximate surface area is 153 Å². The van der Waals surface area contributed by atoms with Crippen LogP contribution in [0.5, 0.6) is 0 Å². The predicted octanol–water partition coefficient (Wildman–Crippen LogP) is 0.106. The number of aryl methyl sites for hydroxylation is 2. The van der Waals surface area contributed by atoms with Crippen molar-refractivity contribution in [2.24, 2.45) is 7.05 Å². The molecule has 2 aromatic heterocycles. The van der Waals surface area contributed by atoms with E-state index in [1.165, 1.54) is 20.9 Å². The maximum absolute atomic E-state index is 12.5. The molecule has 1 N–H and O–H groups in total. The van der Waals surface area contributed by atoms with Gasteiger partial charge in [-0.1, -0.05) is 11.3 Å². The summed E-state index contributed by atoms with van der Waals surface area (Å²) < 4.78 is 2.92. The van der Waals surface area contributed by atoms with Crippen LogP contribution in [0.3, 0.4) is 0 Å². The van der Waals surface area contributed by atoms with Gasteiger partial charge in [-0.25, -0.2) is 9.48 Å². The van der Waals surface area contributed by atoms with Gasteiger partial charge in [-0.2, -0.15) is 5.10 Å². The summed E-state index contributed by atoms with van der Waals surface area (Å²) in [4.78, 5) is 38.3. The Balaban J connectivity index is 1.72. The Morgan fingerprint density at radius 1 is 1.35 bits per heavy atom. The molecule has 1 aliphatic rings. The van der Waals surface area contributed by atoms with E-state index in [4.69, 9.17) is 0 Å². The highest BCUT2D eigenvalue weighted by molar-refractivity contribution is 7.15. The Bertz CT molecular complexity index is 884. The van der Waals surface area contributed by atoms with E-state index in [0.717, 1.165) is 12.8 Å². The fourth-order valence-corrected chi connectivity index (χ4v) is 3.72. The molecule has 0 bridgehead atoms. The van der Waals surface area contributed by atoms with Crippen LogP contribution in [0.1, 0.15) is 36.5 Å². The minimum atomic E-state index is -0.726. The number of anilines is 1. The van der Waals surface area contributed by atoms with Crippen molar-refractivity contribution in [1.82, 2.24) is 29.4 Å². The first kappa shape index (κ1) is 18.2. The van der Waals surface area contributed by atoms with Crippen molar-refractivity contribution in [3.8, 4) is 0 Å². The first-order valence-electron chi connectivity index (χ1n) is 8.44. The summed E-state index contributed by atoms with van der Waals surface area (Å²) in [6, 6.07) is 0. The molecule has 3 rings (SSSR count). The number of nitrogens with one attached hydrogen (secondary N) is 1. The second-order valence-electron chi connectivity index (χ2n) is 6.18. The third-order valence-corrected chi connectivity index (χ3v) is 5.12. The molecule has 10 nitrogen and oxygen atoms in total. The standard InChI is InChI=1S/C15H21N7O3S/c1-4-22-11(19-20(3)15(22)25)10-6-5-7-21(8-10)13(24)12(23)16-14-18-17-9(2)26-14/h10H,4-8H2,1-3H3,(H,16,18,23). The number of piperidine rings is 1. The number of amides is 2. The lowest BCUT2D eigenvalue weighted by atomic mass is 9.97. The molecule has 26 heavy (non-hydrogen) atoms. The van der Waals surface area contributed by atoms with E-state index in [0.29, 0.717) is 35.6 Å². The van der Waals surface area contributed by atoms with Crippen LogP contribution >= 0.6 is 11.3 Å². The van der Waals surface area contributed by atoms with E-state index in [9.17, 15) is 14.4 Å². The summed E-state index contributed by atoms with van der Waals surface area (Å²) in [6.07, 6.45) is 1.56. The van der Waals surface area contributed by atoms with Crippen LogP contribution in [-0.2, 0) is 23.2 Å². The van der Waals surface area contributed by atoms with Gasteiger partial charge in [0.15, 0.2) is 0 Å². The lowest BCUT2D eigenvalue weighted by Gasteiger charge is -2.31. The van der Waals surface area contributed by atoms with E-state index in [1.54, 1.807) is 18.5 Å². The minimum Gasteiger partial charge on any atom is -0.334 e. The third-order valence-electron chi connectivity index (χ3n) is 4.37. The first-order valence-corrected chi connectivity index (χ1v) is 9.26. The lowest BCUT2D eigenvalue weighted by Crippen LogP contribution is -2.45. The fraction of sp³-hybridized carbons (Fsp3) is 0.600. The number of hydrogen-bond acceptors (Lipinski definition) is 7. The number of aromatic nitrogens is 5. The highest BCUT2D eigenvalue weighted by Crippen LogP contribution is 2.25. The van der Waals surface area contributed by atoms with Gasteiger partial charge in [-0.05, 0) is 26.7 Å². The van der Waals surface area contributed by atoms with Gasteiger partial charge in [-0.3, -0.25) is 19.5 Å². The minimum absolute atomic E-state index is 0.0712. The predicted molar refractivity (Wildman–Crippen MR) is 95.0 cm³/mol. The van der Waals surface area contributed by atoms with E-state index < -0.39 is 11.8 Å². The van der Waals surface area contributed by atoms with Gasteiger partial charge in [0.05, 0.1) is 0 Å². The van der Waals surface area contributed by atoms with Gasteiger partial charge in [0.1, 0.15) is 10.8 Å². The molecule has 1 saturated heterocycles. The molecule has 0 radical (unpaired) electrons. The van der Waals surface area contributed by atoms with Gasteiger partial charge in [0.2, 0.25) is 5.13 Å². The maximum atomic E-state index is 12.5. The summed E-state index contributed by atoms with van der Waals surface area (Å²) >= 11 is 1.21. The van der Waals surface area contributed by atoms with Crippen LogP contribution in [0, 0.1) is 6.92 Å².